The quantitative estimate of drug-likeness (QED) is 0.741. The molecule has 0 radical (unpaired) electrons. The number of carboxylic acids is 1. The molecule has 3 rings (SSSR count). The Morgan fingerprint density at radius 2 is 1.95 bits per heavy atom. The number of aliphatic carboxylic acids is 1. The van der Waals surface area contributed by atoms with Crippen LogP contribution in [-0.4, -0.2) is 31.2 Å². The number of carbonyl (C=O) groups is 1. The van der Waals surface area contributed by atoms with E-state index in [0.29, 0.717) is 17.1 Å². The topological polar surface area (TPSA) is 91.8 Å². The van der Waals surface area contributed by atoms with Gasteiger partial charge in [-0.25, -0.2) is 9.97 Å². The van der Waals surface area contributed by atoms with Gasteiger partial charge in [-0.1, -0.05) is 18.2 Å². The Bertz CT molecular complexity index is 734. The van der Waals surface area contributed by atoms with E-state index in [1.54, 1.807) is 0 Å². The van der Waals surface area contributed by atoms with Crippen LogP contribution in [0.15, 0.2) is 36.7 Å². The van der Waals surface area contributed by atoms with Crippen LogP contribution in [0, 0.1) is 0 Å². The minimum Gasteiger partial charge on any atom is -0.481 e. The monoisotopic (exact) mass is 254 g/mol. The Balaban J connectivity index is 2.00. The van der Waals surface area contributed by atoms with Gasteiger partial charge in [-0.05, 0) is 11.6 Å². The molecule has 0 spiro atoms. The largest absolute Gasteiger partial charge is 0.481 e. The highest BCUT2D eigenvalue weighted by atomic mass is 16.4. The van der Waals surface area contributed by atoms with Crippen LogP contribution in [0.1, 0.15) is 5.56 Å². The summed E-state index contributed by atoms with van der Waals surface area (Å²) in [5.41, 5.74) is 2.14. The SMILES string of the molecule is O=C(O)Cc1cnc(-c2n[nH]c3ccccc23)nc1. The minimum atomic E-state index is -0.901. The molecule has 0 unspecified atom stereocenters. The Labute approximate surface area is 108 Å². The fourth-order valence-electron chi connectivity index (χ4n) is 1.88. The Morgan fingerprint density at radius 1 is 1.21 bits per heavy atom. The third-order valence-corrected chi connectivity index (χ3v) is 2.74. The number of hydrogen-bond acceptors (Lipinski definition) is 4. The summed E-state index contributed by atoms with van der Waals surface area (Å²) >= 11 is 0. The van der Waals surface area contributed by atoms with Crippen molar-refractivity contribution in [3.05, 3.63) is 42.2 Å². The summed E-state index contributed by atoms with van der Waals surface area (Å²) in [5.74, 6) is -0.423. The van der Waals surface area contributed by atoms with Gasteiger partial charge in [-0.2, -0.15) is 5.10 Å². The zero-order chi connectivity index (χ0) is 13.2. The number of hydrogen-bond donors (Lipinski definition) is 2. The van der Waals surface area contributed by atoms with E-state index in [1.165, 1.54) is 12.4 Å². The average Bonchev–Trinajstić information content (AvgIpc) is 2.83. The Hall–Kier alpha value is -2.76. The highest BCUT2D eigenvalue weighted by Crippen LogP contribution is 2.22. The Morgan fingerprint density at radius 3 is 2.68 bits per heavy atom. The molecule has 0 aliphatic heterocycles. The number of nitrogens with zero attached hydrogens (tertiary/aromatic N) is 3. The smallest absolute Gasteiger partial charge is 0.307 e. The zero-order valence-corrected chi connectivity index (χ0v) is 9.87. The Kier molecular flexibility index (Phi) is 2.68. The summed E-state index contributed by atoms with van der Waals surface area (Å²) in [6.07, 6.45) is 2.95. The number of H-pyrrole nitrogens is 1. The van der Waals surface area contributed by atoms with Crippen molar-refractivity contribution >= 4 is 16.9 Å². The highest BCUT2D eigenvalue weighted by molar-refractivity contribution is 5.90. The first kappa shape index (κ1) is 11.3. The zero-order valence-electron chi connectivity index (χ0n) is 9.87. The first-order chi connectivity index (χ1) is 9.24. The van der Waals surface area contributed by atoms with Crippen molar-refractivity contribution in [1.82, 2.24) is 20.2 Å². The second-order valence-corrected chi connectivity index (χ2v) is 4.10. The summed E-state index contributed by atoms with van der Waals surface area (Å²) < 4.78 is 0. The van der Waals surface area contributed by atoms with Gasteiger partial charge < -0.3 is 5.11 Å². The first-order valence-corrected chi connectivity index (χ1v) is 5.70. The average molecular weight is 254 g/mol. The number of fused-ring (bicyclic) bond motifs is 1. The summed E-state index contributed by atoms with van der Waals surface area (Å²) in [5, 5.41) is 16.7. The molecule has 2 N–H and O–H groups in total. The summed E-state index contributed by atoms with van der Waals surface area (Å²) in [7, 11) is 0. The van der Waals surface area contributed by atoms with Crippen LogP contribution in [0.3, 0.4) is 0 Å². The lowest BCUT2D eigenvalue weighted by molar-refractivity contribution is -0.136. The molecule has 94 valence electrons. The van der Waals surface area contributed by atoms with Crippen molar-refractivity contribution in [2.75, 3.05) is 0 Å². The van der Waals surface area contributed by atoms with E-state index >= 15 is 0 Å². The second-order valence-electron chi connectivity index (χ2n) is 4.10. The molecule has 0 saturated carbocycles. The molecule has 0 aliphatic rings. The van der Waals surface area contributed by atoms with Crippen molar-refractivity contribution in [3.63, 3.8) is 0 Å². The van der Waals surface area contributed by atoms with E-state index in [1.807, 2.05) is 24.3 Å². The lowest BCUT2D eigenvalue weighted by Crippen LogP contribution is -2.01. The van der Waals surface area contributed by atoms with Crippen LogP contribution in [-0.2, 0) is 11.2 Å². The maximum absolute atomic E-state index is 10.6. The van der Waals surface area contributed by atoms with Crippen LogP contribution >= 0.6 is 0 Å². The van der Waals surface area contributed by atoms with Crippen molar-refractivity contribution < 1.29 is 9.90 Å². The molecule has 0 fully saturated rings. The number of nitrogens with one attached hydrogen (secondary N) is 1. The molecule has 0 aliphatic carbocycles. The van der Waals surface area contributed by atoms with Crippen molar-refractivity contribution in [3.8, 4) is 11.5 Å². The molecule has 0 atom stereocenters. The molecular weight excluding hydrogens is 244 g/mol. The predicted octanol–water partition coefficient (Wildman–Crippen LogP) is 1.65. The van der Waals surface area contributed by atoms with Gasteiger partial charge in [0.15, 0.2) is 5.82 Å². The van der Waals surface area contributed by atoms with E-state index in [9.17, 15) is 4.79 Å². The lowest BCUT2D eigenvalue weighted by atomic mass is 10.2. The number of benzene rings is 1. The third kappa shape index (κ3) is 2.15. The van der Waals surface area contributed by atoms with Gasteiger partial charge in [-0.3, -0.25) is 9.89 Å². The molecule has 19 heavy (non-hydrogen) atoms. The second kappa shape index (κ2) is 4.49. The van der Waals surface area contributed by atoms with E-state index < -0.39 is 5.97 Å². The maximum Gasteiger partial charge on any atom is 0.307 e. The molecular formula is C13H10N4O2. The molecule has 6 nitrogen and oxygen atoms in total. The summed E-state index contributed by atoms with van der Waals surface area (Å²) in [6, 6.07) is 7.69. The van der Waals surface area contributed by atoms with E-state index in [4.69, 9.17) is 5.11 Å². The van der Waals surface area contributed by atoms with Gasteiger partial charge in [0.2, 0.25) is 0 Å². The number of aromatic amines is 1. The predicted molar refractivity (Wildman–Crippen MR) is 68.5 cm³/mol. The first-order valence-electron chi connectivity index (χ1n) is 5.70. The van der Waals surface area contributed by atoms with Gasteiger partial charge in [0.05, 0.1) is 11.9 Å². The molecule has 6 heteroatoms. The van der Waals surface area contributed by atoms with Gasteiger partial charge in [-0.15, -0.1) is 0 Å². The standard InChI is InChI=1S/C13H10N4O2/c18-11(19)5-8-6-14-13(15-7-8)12-9-3-1-2-4-10(9)16-17-12/h1-4,6-7H,5H2,(H,16,17)(H,18,19). The minimum absolute atomic E-state index is 0.0818. The fraction of sp³-hybridized carbons (Fsp3) is 0.0769. The lowest BCUT2D eigenvalue weighted by Gasteiger charge is -1.98. The van der Waals surface area contributed by atoms with Crippen LogP contribution < -0.4 is 0 Å². The number of carboxylic acid groups (broad SMARTS) is 1. The third-order valence-electron chi connectivity index (χ3n) is 2.74. The van der Waals surface area contributed by atoms with Gasteiger partial charge in [0.25, 0.3) is 0 Å². The summed E-state index contributed by atoms with van der Waals surface area (Å²) in [4.78, 5) is 18.9. The highest BCUT2D eigenvalue weighted by Gasteiger charge is 2.10. The summed E-state index contributed by atoms with van der Waals surface area (Å²) in [6.45, 7) is 0. The molecule has 0 bridgehead atoms. The number of rotatable bonds is 3. The van der Waals surface area contributed by atoms with Crippen LogP contribution in [0.4, 0.5) is 0 Å². The van der Waals surface area contributed by atoms with Gasteiger partial charge >= 0.3 is 5.97 Å². The number of aromatic nitrogens is 4. The van der Waals surface area contributed by atoms with Gasteiger partial charge in [0, 0.05) is 17.8 Å². The molecule has 3 aromatic rings. The van der Waals surface area contributed by atoms with E-state index in [-0.39, 0.29) is 6.42 Å². The van der Waals surface area contributed by atoms with Crippen molar-refractivity contribution in [1.29, 1.82) is 0 Å². The van der Waals surface area contributed by atoms with Crippen LogP contribution in [0.5, 0.6) is 0 Å². The molecule has 0 saturated heterocycles. The molecule has 1 aromatic carbocycles. The van der Waals surface area contributed by atoms with E-state index in [0.717, 1.165) is 10.9 Å². The normalized spacial score (nSPS) is 10.7. The number of para-hydroxylation sites is 1. The van der Waals surface area contributed by atoms with Crippen molar-refractivity contribution in [2.45, 2.75) is 6.42 Å². The van der Waals surface area contributed by atoms with E-state index in [2.05, 4.69) is 20.2 Å². The molecule has 0 amide bonds. The van der Waals surface area contributed by atoms with Crippen LogP contribution in [0.2, 0.25) is 0 Å². The molecule has 2 heterocycles. The van der Waals surface area contributed by atoms with Crippen LogP contribution in [0.25, 0.3) is 22.4 Å². The van der Waals surface area contributed by atoms with Crippen molar-refractivity contribution in [2.24, 2.45) is 0 Å². The van der Waals surface area contributed by atoms with Gasteiger partial charge in [0.1, 0.15) is 5.69 Å². The molecule has 2 aromatic heterocycles. The maximum atomic E-state index is 10.6. The fourth-order valence-corrected chi connectivity index (χ4v) is 1.88.